The van der Waals surface area contributed by atoms with E-state index in [1.54, 1.807) is 22.4 Å². The second-order valence-electron chi connectivity index (χ2n) is 7.93. The van der Waals surface area contributed by atoms with E-state index in [4.69, 9.17) is 4.74 Å². The summed E-state index contributed by atoms with van der Waals surface area (Å²) in [5.41, 5.74) is 3.13. The van der Waals surface area contributed by atoms with Crippen LogP contribution in [0.1, 0.15) is 36.2 Å². The van der Waals surface area contributed by atoms with Gasteiger partial charge in [0, 0.05) is 38.9 Å². The van der Waals surface area contributed by atoms with Gasteiger partial charge < -0.3 is 9.64 Å². The molecule has 1 fully saturated rings. The Morgan fingerprint density at radius 3 is 2.90 bits per heavy atom. The van der Waals surface area contributed by atoms with Crippen LogP contribution in [-0.4, -0.2) is 49.6 Å². The van der Waals surface area contributed by atoms with Crippen LogP contribution in [0.4, 0.5) is 5.82 Å². The molecule has 2 aliphatic rings. The van der Waals surface area contributed by atoms with E-state index in [-0.39, 0.29) is 5.56 Å². The molecule has 0 radical (unpaired) electrons. The Kier molecular flexibility index (Phi) is 4.75. The third-order valence-electron chi connectivity index (χ3n) is 5.97. The number of piperidine rings is 1. The molecule has 1 aliphatic heterocycles. The molecule has 9 nitrogen and oxygen atoms in total. The van der Waals surface area contributed by atoms with Gasteiger partial charge in [-0.1, -0.05) is 0 Å². The molecule has 3 aromatic heterocycles. The van der Waals surface area contributed by atoms with Gasteiger partial charge in [-0.15, -0.1) is 0 Å². The summed E-state index contributed by atoms with van der Waals surface area (Å²) >= 11 is 0. The van der Waals surface area contributed by atoms with Crippen molar-refractivity contribution in [3.63, 3.8) is 0 Å². The predicted octanol–water partition coefficient (Wildman–Crippen LogP) is 1.23. The summed E-state index contributed by atoms with van der Waals surface area (Å²) in [7, 11) is 1.66. The molecule has 0 atom stereocenters. The second kappa shape index (κ2) is 7.55. The summed E-state index contributed by atoms with van der Waals surface area (Å²) < 4.78 is 8.71. The summed E-state index contributed by atoms with van der Waals surface area (Å²) in [5, 5.41) is 8.97. The molecule has 0 amide bonds. The molecule has 0 aromatic carbocycles. The fourth-order valence-electron chi connectivity index (χ4n) is 4.45. The summed E-state index contributed by atoms with van der Waals surface area (Å²) in [6, 6.07) is 3.82. The van der Waals surface area contributed by atoms with Crippen LogP contribution in [0.15, 0.2) is 23.3 Å². The lowest BCUT2D eigenvalue weighted by molar-refractivity contribution is 0.181. The van der Waals surface area contributed by atoms with Gasteiger partial charge in [0.15, 0.2) is 0 Å². The van der Waals surface area contributed by atoms with Gasteiger partial charge in [-0.3, -0.25) is 4.79 Å². The van der Waals surface area contributed by atoms with Crippen molar-refractivity contribution in [2.45, 2.75) is 45.3 Å². The van der Waals surface area contributed by atoms with Crippen molar-refractivity contribution in [2.75, 3.05) is 25.1 Å². The van der Waals surface area contributed by atoms with Crippen LogP contribution in [0.3, 0.4) is 0 Å². The van der Waals surface area contributed by atoms with Crippen LogP contribution in [0.25, 0.3) is 5.78 Å². The number of hydrogen-bond acceptors (Lipinski definition) is 7. The maximum atomic E-state index is 12.4. The first-order chi connectivity index (χ1) is 14.2. The lowest BCUT2D eigenvalue weighted by Gasteiger charge is -2.33. The molecular formula is C20H25N7O2. The largest absolute Gasteiger partial charge is 0.378 e. The summed E-state index contributed by atoms with van der Waals surface area (Å²) in [4.78, 5) is 23.4. The second-order valence-corrected chi connectivity index (χ2v) is 7.93. The van der Waals surface area contributed by atoms with Gasteiger partial charge in [-0.2, -0.15) is 19.7 Å². The fourth-order valence-corrected chi connectivity index (χ4v) is 4.45. The Balaban J connectivity index is 1.31. The highest BCUT2D eigenvalue weighted by Crippen LogP contribution is 2.25. The summed E-state index contributed by atoms with van der Waals surface area (Å²) in [5.74, 6) is 2.03. The quantitative estimate of drug-likeness (QED) is 0.642. The summed E-state index contributed by atoms with van der Waals surface area (Å²) in [6.07, 6.45) is 6.63. The smallest absolute Gasteiger partial charge is 0.267 e. The van der Waals surface area contributed by atoms with E-state index in [0.717, 1.165) is 68.0 Å². The number of rotatable bonds is 5. The van der Waals surface area contributed by atoms with Crippen LogP contribution in [0, 0.1) is 5.92 Å². The molecule has 0 saturated carbocycles. The normalized spacial score (nSPS) is 17.2. The molecule has 0 bridgehead atoms. The third kappa shape index (κ3) is 3.50. The van der Waals surface area contributed by atoms with Crippen LogP contribution in [-0.2, 0) is 30.7 Å². The molecular weight excluding hydrogens is 370 g/mol. The standard InChI is InChI=1S/C20H25N7O2/c1-29-12-16-10-18(27-20(23-16)21-13-22-27)25-7-5-14(6-8-25)11-26-19(28)9-15-3-2-4-17(15)24-26/h9-10,13-14H,2-8,11-12H2,1H3. The van der Waals surface area contributed by atoms with Gasteiger partial charge in [-0.05, 0) is 43.6 Å². The Morgan fingerprint density at radius 2 is 2.07 bits per heavy atom. The van der Waals surface area contributed by atoms with Crippen LogP contribution < -0.4 is 10.5 Å². The van der Waals surface area contributed by atoms with E-state index in [0.29, 0.717) is 24.8 Å². The molecule has 0 N–H and O–H groups in total. The lowest BCUT2D eigenvalue weighted by Crippen LogP contribution is -2.38. The first-order valence-electron chi connectivity index (χ1n) is 10.2. The third-order valence-corrected chi connectivity index (χ3v) is 5.97. The van der Waals surface area contributed by atoms with Crippen LogP contribution >= 0.6 is 0 Å². The number of ether oxygens (including phenoxy) is 1. The van der Waals surface area contributed by atoms with Gasteiger partial charge in [0.2, 0.25) is 0 Å². The highest BCUT2D eigenvalue weighted by Gasteiger charge is 2.24. The average molecular weight is 395 g/mol. The zero-order valence-corrected chi connectivity index (χ0v) is 16.6. The Labute approximate surface area is 168 Å². The Morgan fingerprint density at radius 1 is 1.21 bits per heavy atom. The molecule has 29 heavy (non-hydrogen) atoms. The molecule has 152 valence electrons. The molecule has 9 heteroatoms. The Hall–Kier alpha value is -2.81. The first kappa shape index (κ1) is 18.2. The van der Waals surface area contributed by atoms with Gasteiger partial charge >= 0.3 is 0 Å². The van der Waals surface area contributed by atoms with Crippen molar-refractivity contribution >= 4 is 11.6 Å². The molecule has 1 saturated heterocycles. The maximum absolute atomic E-state index is 12.4. The van der Waals surface area contributed by atoms with E-state index in [1.165, 1.54) is 6.33 Å². The maximum Gasteiger partial charge on any atom is 0.267 e. The van der Waals surface area contributed by atoms with Crippen molar-refractivity contribution in [2.24, 2.45) is 5.92 Å². The fraction of sp³-hybridized carbons (Fsp3) is 0.550. The number of fused-ring (bicyclic) bond motifs is 2. The first-order valence-corrected chi connectivity index (χ1v) is 10.2. The van der Waals surface area contributed by atoms with E-state index >= 15 is 0 Å². The predicted molar refractivity (Wildman–Crippen MR) is 107 cm³/mol. The van der Waals surface area contributed by atoms with Crippen molar-refractivity contribution in [1.29, 1.82) is 0 Å². The minimum absolute atomic E-state index is 0.0377. The monoisotopic (exact) mass is 395 g/mol. The molecule has 3 aromatic rings. The average Bonchev–Trinajstić information content (AvgIpc) is 3.37. The van der Waals surface area contributed by atoms with Gasteiger partial charge in [-0.25, -0.2) is 9.67 Å². The highest BCUT2D eigenvalue weighted by atomic mass is 16.5. The Bertz CT molecular complexity index is 1080. The zero-order chi connectivity index (χ0) is 19.8. The molecule has 0 unspecified atom stereocenters. The van der Waals surface area contributed by atoms with Crippen LogP contribution in [0.2, 0.25) is 0 Å². The topological polar surface area (TPSA) is 90.4 Å². The van der Waals surface area contributed by atoms with Gasteiger partial charge in [0.25, 0.3) is 11.3 Å². The van der Waals surface area contributed by atoms with Crippen molar-refractivity contribution < 1.29 is 4.74 Å². The minimum Gasteiger partial charge on any atom is -0.378 e. The molecule has 1 aliphatic carbocycles. The van der Waals surface area contributed by atoms with Crippen molar-refractivity contribution in [3.05, 3.63) is 45.8 Å². The lowest BCUT2D eigenvalue weighted by atomic mass is 9.97. The van der Waals surface area contributed by atoms with E-state index < -0.39 is 0 Å². The van der Waals surface area contributed by atoms with Gasteiger partial charge in [0.1, 0.15) is 12.1 Å². The van der Waals surface area contributed by atoms with E-state index in [1.807, 2.05) is 6.07 Å². The van der Waals surface area contributed by atoms with Crippen molar-refractivity contribution in [3.8, 4) is 0 Å². The SMILES string of the molecule is COCc1cc(N2CCC(Cn3nc4c(cc3=O)CCC4)CC2)n2ncnc2n1. The van der Waals surface area contributed by atoms with Crippen molar-refractivity contribution in [1.82, 2.24) is 29.4 Å². The number of aromatic nitrogens is 6. The minimum atomic E-state index is 0.0377. The number of anilines is 1. The molecule has 0 spiro atoms. The highest BCUT2D eigenvalue weighted by molar-refractivity contribution is 5.47. The van der Waals surface area contributed by atoms with Crippen LogP contribution in [0.5, 0.6) is 0 Å². The molecule has 5 rings (SSSR count). The number of aryl methyl sites for hydroxylation is 2. The number of hydrogen-bond donors (Lipinski definition) is 0. The van der Waals surface area contributed by atoms with E-state index in [2.05, 4.69) is 25.1 Å². The zero-order valence-electron chi connectivity index (χ0n) is 16.6. The molecule has 4 heterocycles. The van der Waals surface area contributed by atoms with Gasteiger partial charge in [0.05, 0.1) is 18.0 Å². The van der Waals surface area contributed by atoms with E-state index in [9.17, 15) is 4.79 Å². The number of nitrogens with zero attached hydrogens (tertiary/aromatic N) is 7. The number of methoxy groups -OCH3 is 1. The summed E-state index contributed by atoms with van der Waals surface area (Å²) in [6.45, 7) is 2.94.